The molecule has 0 saturated carbocycles. The Morgan fingerprint density at radius 2 is 1.95 bits per heavy atom. The van der Waals surface area contributed by atoms with Gasteiger partial charge in [-0.05, 0) is 36.6 Å². The minimum absolute atomic E-state index is 0.0116. The van der Waals surface area contributed by atoms with Gasteiger partial charge in [-0.2, -0.15) is 0 Å². The van der Waals surface area contributed by atoms with E-state index in [1.807, 2.05) is 12.1 Å². The Balaban J connectivity index is 1.59. The summed E-state index contributed by atoms with van der Waals surface area (Å²) in [5, 5.41) is 12.4. The maximum atomic E-state index is 12.0. The third-order valence-electron chi connectivity index (χ3n) is 3.84. The molecule has 114 valence electrons. The van der Waals surface area contributed by atoms with E-state index in [2.05, 4.69) is 15.2 Å². The second kappa shape index (κ2) is 6.47. The summed E-state index contributed by atoms with van der Waals surface area (Å²) in [6.45, 7) is 2.52. The van der Waals surface area contributed by atoms with E-state index in [0.29, 0.717) is 6.54 Å². The van der Waals surface area contributed by atoms with Gasteiger partial charge in [-0.1, -0.05) is 18.2 Å². The molecule has 1 aliphatic rings. The second-order valence-electron chi connectivity index (χ2n) is 5.42. The molecule has 0 radical (unpaired) electrons. The predicted molar refractivity (Wildman–Crippen MR) is 85.0 cm³/mol. The summed E-state index contributed by atoms with van der Waals surface area (Å²) in [7, 11) is 0. The molecule has 3 rings (SSSR count). The smallest absolute Gasteiger partial charge is 0.255 e. The molecule has 5 nitrogen and oxygen atoms in total. The van der Waals surface area contributed by atoms with E-state index in [-0.39, 0.29) is 17.2 Å². The van der Waals surface area contributed by atoms with Crippen LogP contribution in [0, 0.1) is 0 Å². The number of phenolic OH excluding ortho intramolecular Hbond substituents is 1. The van der Waals surface area contributed by atoms with E-state index >= 15 is 0 Å². The zero-order valence-corrected chi connectivity index (χ0v) is 12.3. The zero-order chi connectivity index (χ0) is 15.4. The Hall–Kier alpha value is -2.56. The van der Waals surface area contributed by atoms with E-state index in [0.717, 1.165) is 24.5 Å². The number of carbonyl (C=O) groups is 1. The molecule has 0 atom stereocenters. The van der Waals surface area contributed by atoms with Crippen molar-refractivity contribution < 1.29 is 9.90 Å². The van der Waals surface area contributed by atoms with Crippen molar-refractivity contribution in [3.05, 3.63) is 53.7 Å². The van der Waals surface area contributed by atoms with E-state index < -0.39 is 0 Å². The van der Waals surface area contributed by atoms with Crippen LogP contribution in [-0.2, 0) is 6.54 Å². The van der Waals surface area contributed by atoms with E-state index in [4.69, 9.17) is 0 Å². The zero-order valence-electron chi connectivity index (χ0n) is 12.3. The normalized spacial score (nSPS) is 14.1. The number of carbonyl (C=O) groups excluding carboxylic acids is 1. The molecular formula is C17H19N3O2. The molecule has 1 aromatic heterocycles. The van der Waals surface area contributed by atoms with Gasteiger partial charge in [0, 0.05) is 25.8 Å². The summed E-state index contributed by atoms with van der Waals surface area (Å²) in [5.74, 6) is 0.692. The van der Waals surface area contributed by atoms with Crippen molar-refractivity contribution in [2.45, 2.75) is 19.4 Å². The van der Waals surface area contributed by atoms with Crippen LogP contribution in [-0.4, -0.2) is 29.1 Å². The number of aromatic hydroxyl groups is 1. The highest BCUT2D eigenvalue weighted by Gasteiger charge is 2.13. The maximum Gasteiger partial charge on any atom is 0.255 e. The lowest BCUT2D eigenvalue weighted by Gasteiger charge is -2.16. The van der Waals surface area contributed by atoms with Crippen LogP contribution in [0.15, 0.2) is 42.6 Å². The van der Waals surface area contributed by atoms with Gasteiger partial charge < -0.3 is 15.3 Å². The maximum absolute atomic E-state index is 12.0. The number of nitrogens with zero attached hydrogens (tertiary/aromatic N) is 2. The first-order chi connectivity index (χ1) is 10.7. The fourth-order valence-corrected chi connectivity index (χ4v) is 2.60. The quantitative estimate of drug-likeness (QED) is 0.909. The summed E-state index contributed by atoms with van der Waals surface area (Å²) in [6, 6.07) is 10.5. The number of benzene rings is 1. The van der Waals surface area contributed by atoms with Crippen LogP contribution in [0.5, 0.6) is 5.75 Å². The number of pyridine rings is 1. The minimum atomic E-state index is -0.290. The van der Waals surface area contributed by atoms with Crippen LogP contribution in [0.4, 0.5) is 5.82 Å². The number of phenols is 1. The van der Waals surface area contributed by atoms with Gasteiger partial charge in [-0.3, -0.25) is 4.79 Å². The summed E-state index contributed by atoms with van der Waals surface area (Å²) >= 11 is 0. The van der Waals surface area contributed by atoms with Gasteiger partial charge in [-0.15, -0.1) is 0 Å². The SMILES string of the molecule is O=C(NCc1ccc(N2CCCC2)nc1)c1ccccc1O. The van der Waals surface area contributed by atoms with Gasteiger partial charge in [0.05, 0.1) is 5.56 Å². The summed E-state index contributed by atoms with van der Waals surface area (Å²) in [6.07, 6.45) is 4.24. The van der Waals surface area contributed by atoms with Crippen molar-refractivity contribution in [2.24, 2.45) is 0 Å². The van der Waals surface area contributed by atoms with Crippen LogP contribution < -0.4 is 10.2 Å². The van der Waals surface area contributed by atoms with Crippen molar-refractivity contribution in [1.29, 1.82) is 0 Å². The van der Waals surface area contributed by atoms with Crippen LogP contribution in [0.3, 0.4) is 0 Å². The van der Waals surface area contributed by atoms with E-state index in [1.165, 1.54) is 18.9 Å². The summed E-state index contributed by atoms with van der Waals surface area (Å²) in [4.78, 5) is 18.7. The van der Waals surface area contributed by atoms with Crippen LogP contribution in [0.1, 0.15) is 28.8 Å². The highest BCUT2D eigenvalue weighted by Crippen LogP contribution is 2.18. The molecule has 1 amide bonds. The van der Waals surface area contributed by atoms with E-state index in [9.17, 15) is 9.90 Å². The molecule has 1 saturated heterocycles. The lowest BCUT2D eigenvalue weighted by molar-refractivity contribution is 0.0948. The van der Waals surface area contributed by atoms with Crippen LogP contribution in [0.25, 0.3) is 0 Å². The minimum Gasteiger partial charge on any atom is -0.507 e. The number of amides is 1. The molecule has 1 fully saturated rings. The Morgan fingerprint density at radius 1 is 1.18 bits per heavy atom. The van der Waals surface area contributed by atoms with Crippen molar-refractivity contribution in [3.63, 3.8) is 0 Å². The highest BCUT2D eigenvalue weighted by atomic mass is 16.3. The molecule has 22 heavy (non-hydrogen) atoms. The number of para-hydroxylation sites is 1. The summed E-state index contributed by atoms with van der Waals surface area (Å²) in [5.41, 5.74) is 1.22. The average Bonchev–Trinajstić information content (AvgIpc) is 3.08. The third kappa shape index (κ3) is 3.19. The predicted octanol–water partition coefficient (Wildman–Crippen LogP) is 2.32. The molecule has 0 bridgehead atoms. The molecule has 1 aliphatic heterocycles. The molecular weight excluding hydrogens is 278 g/mol. The molecule has 2 aromatic rings. The molecule has 2 heterocycles. The van der Waals surface area contributed by atoms with Crippen molar-refractivity contribution in [2.75, 3.05) is 18.0 Å². The Bertz CT molecular complexity index is 649. The van der Waals surface area contributed by atoms with Crippen LogP contribution in [0.2, 0.25) is 0 Å². The van der Waals surface area contributed by atoms with Gasteiger partial charge >= 0.3 is 0 Å². The second-order valence-corrected chi connectivity index (χ2v) is 5.42. The fraction of sp³-hybridized carbons (Fsp3) is 0.294. The van der Waals surface area contributed by atoms with Crippen molar-refractivity contribution >= 4 is 11.7 Å². The van der Waals surface area contributed by atoms with Crippen molar-refractivity contribution in [3.8, 4) is 5.75 Å². The number of hydrogen-bond donors (Lipinski definition) is 2. The number of nitrogens with one attached hydrogen (secondary N) is 1. The largest absolute Gasteiger partial charge is 0.507 e. The lowest BCUT2D eigenvalue weighted by atomic mass is 10.2. The number of hydrogen-bond acceptors (Lipinski definition) is 4. The number of aromatic nitrogens is 1. The topological polar surface area (TPSA) is 65.5 Å². The highest BCUT2D eigenvalue weighted by molar-refractivity contribution is 5.96. The van der Waals surface area contributed by atoms with Gasteiger partial charge in [0.2, 0.25) is 0 Å². The monoisotopic (exact) mass is 297 g/mol. The molecule has 0 aliphatic carbocycles. The lowest BCUT2D eigenvalue weighted by Crippen LogP contribution is -2.23. The van der Waals surface area contributed by atoms with Gasteiger partial charge in [0.15, 0.2) is 0 Å². The first-order valence-electron chi connectivity index (χ1n) is 7.50. The Morgan fingerprint density at radius 3 is 2.64 bits per heavy atom. The van der Waals surface area contributed by atoms with Crippen LogP contribution >= 0.6 is 0 Å². The molecule has 0 spiro atoms. The van der Waals surface area contributed by atoms with Gasteiger partial charge in [-0.25, -0.2) is 4.98 Å². The third-order valence-corrected chi connectivity index (χ3v) is 3.84. The molecule has 5 heteroatoms. The van der Waals surface area contributed by atoms with E-state index in [1.54, 1.807) is 24.4 Å². The fourth-order valence-electron chi connectivity index (χ4n) is 2.60. The molecule has 2 N–H and O–H groups in total. The molecule has 1 aromatic carbocycles. The standard InChI is InChI=1S/C17H19N3O2/c21-15-6-2-1-5-14(15)17(22)19-12-13-7-8-16(18-11-13)20-9-3-4-10-20/h1-2,5-8,11,21H,3-4,9-10,12H2,(H,19,22). The van der Waals surface area contributed by atoms with Gasteiger partial charge in [0.1, 0.15) is 11.6 Å². The first-order valence-corrected chi connectivity index (χ1v) is 7.50. The van der Waals surface area contributed by atoms with Crippen molar-refractivity contribution in [1.82, 2.24) is 10.3 Å². The first kappa shape index (κ1) is 14.4. The molecule has 0 unspecified atom stereocenters. The Kier molecular flexibility index (Phi) is 4.23. The average molecular weight is 297 g/mol. The van der Waals surface area contributed by atoms with Gasteiger partial charge in [0.25, 0.3) is 5.91 Å². The number of rotatable bonds is 4. The number of anilines is 1. The Labute approximate surface area is 129 Å². The summed E-state index contributed by atoms with van der Waals surface area (Å²) < 4.78 is 0.